The van der Waals surface area contributed by atoms with Crippen molar-refractivity contribution in [3.63, 3.8) is 0 Å². The van der Waals surface area contributed by atoms with Crippen LogP contribution in [0.4, 0.5) is 0 Å². The second kappa shape index (κ2) is 85.4. The molecule has 5 radical (unpaired) electrons. The predicted octanol–water partition coefficient (Wildman–Crippen LogP) is 26.3. The van der Waals surface area contributed by atoms with E-state index in [1.54, 1.807) is 26.3 Å². The molecule has 0 saturated carbocycles. The fourth-order valence-electron chi connectivity index (χ4n) is 6.28. The first kappa shape index (κ1) is 127. The molecule has 5 aromatic rings. The number of rotatable bonds is 14. The minimum Gasteiger partial charge on any atom is -0.323 e. The van der Waals surface area contributed by atoms with Gasteiger partial charge in [0.2, 0.25) is 0 Å². The molecule has 0 spiro atoms. The van der Waals surface area contributed by atoms with E-state index in [9.17, 15) is 18.9 Å². The summed E-state index contributed by atoms with van der Waals surface area (Å²) in [6, 6.07) is 33.8. The zero-order valence-corrected chi connectivity index (χ0v) is 83.6. The summed E-state index contributed by atoms with van der Waals surface area (Å²) in [4.78, 5) is 30.7. The summed E-state index contributed by atoms with van der Waals surface area (Å²) in [5.74, 6) is 0.242. The summed E-state index contributed by atoms with van der Waals surface area (Å²) in [6.07, 6.45) is 30.2. The molecule has 0 bridgehead atoms. The largest absolute Gasteiger partial charge is 0.323 e. The molecule has 100 heavy (non-hydrogen) atoms. The molecular formula is C87H121BrN2O4PY5-5. The van der Waals surface area contributed by atoms with Crippen LogP contribution in [0.25, 0.3) is 16.7 Å². The summed E-state index contributed by atoms with van der Waals surface area (Å²) in [6.45, 7) is 72.5. The van der Waals surface area contributed by atoms with Crippen molar-refractivity contribution >= 4 is 57.6 Å². The second-order valence-corrected chi connectivity index (χ2v) is 24.4. The number of hydrogen-bond acceptors (Lipinski definition) is 6. The Labute approximate surface area is 748 Å². The van der Waals surface area contributed by atoms with E-state index in [4.69, 9.17) is 10.5 Å². The molecule has 0 aliphatic rings. The Morgan fingerprint density at radius 2 is 0.780 bits per heavy atom. The van der Waals surface area contributed by atoms with E-state index >= 15 is 0 Å². The third kappa shape index (κ3) is 69.8. The molecule has 0 aromatic heterocycles. The normalized spacial score (nSPS) is 9.53. The third-order valence-electron chi connectivity index (χ3n) is 12.1. The number of aryl methyl sites for hydroxylation is 5. The second-order valence-electron chi connectivity index (χ2n) is 20.0. The van der Waals surface area contributed by atoms with E-state index in [1.807, 2.05) is 203 Å². The Kier molecular flexibility index (Phi) is 109. The first-order valence-corrected chi connectivity index (χ1v) is 36.1. The van der Waals surface area contributed by atoms with Crippen LogP contribution in [0.5, 0.6) is 0 Å². The molecule has 0 N–H and O–H groups in total. The van der Waals surface area contributed by atoms with E-state index in [0.29, 0.717) is 5.56 Å². The fourth-order valence-corrected chi connectivity index (χ4v) is 6.98. The summed E-state index contributed by atoms with van der Waals surface area (Å²) >= 11 is 3.37. The van der Waals surface area contributed by atoms with Gasteiger partial charge in [-0.05, 0) is 111 Å². The van der Waals surface area contributed by atoms with E-state index in [0.717, 1.165) is 77.5 Å². The molecular weight excluding hydrogens is 1690 g/mol. The van der Waals surface area contributed by atoms with Crippen LogP contribution in [0.15, 0.2) is 182 Å². The van der Waals surface area contributed by atoms with E-state index < -0.39 is 7.14 Å². The Morgan fingerprint density at radius 3 is 1.01 bits per heavy atom. The molecule has 0 unspecified atom stereocenters. The molecule has 535 valence electrons. The van der Waals surface area contributed by atoms with Crippen molar-refractivity contribution in [1.82, 2.24) is 0 Å². The Hall–Kier alpha value is -2.54. The van der Waals surface area contributed by atoms with E-state index in [1.165, 1.54) is 59.8 Å². The Balaban J connectivity index is -0.0000000785. The average Bonchev–Trinajstić information content (AvgIpc) is 0.927. The fraction of sp³-hybridized carbons (Fsp3) is 0.345. The standard InChI is InChI=1S/C18H21.C13H12N.C13H13O.C11H11O.C9H8Br.C6H12.C4H8NOP.C3H6O.5C2H6.5Y/c1-6-14(3)9-8-10-15(4)18-12-11-16(5)17(7-2)13-18;2*1-4-12-9-13(6-5-10(12)2)11(3)7-8-14;1-4-10-7-11(9(3)12)6-5-8(10)2;1-3-8-6-9(10)5-4-7(8)2;1-4-6(3)5-2;1-7(2,6)4-3-5;1-3(2)4;5*1-2;;;;;/h6,8-13H,2H2,1,3-5H3;5-7,9H,1H2,2-3H3;5-9H,1H2,2-3H3;5-7H,1H2,2-3H3;4-6H,1H2,2H3;4H,5H2,1-3H3;4H2,1-2H3;1-2H3;5*1-2H3;;;;;/q5*-1;;;;;;;;;;;;;/b9-8+,14-6+,15-10+;2*11-7+;;;6-4+;;;;;;;;;;;;. The van der Waals surface area contributed by atoms with Gasteiger partial charge in [-0.1, -0.05) is 226 Å². The van der Waals surface area contributed by atoms with E-state index in [2.05, 4.69) is 169 Å². The van der Waals surface area contributed by atoms with Crippen molar-refractivity contribution in [2.75, 3.05) is 19.5 Å². The maximum absolute atomic E-state index is 11.0. The van der Waals surface area contributed by atoms with Gasteiger partial charge in [-0.3, -0.25) is 9.59 Å². The van der Waals surface area contributed by atoms with Gasteiger partial charge in [0.1, 0.15) is 17.9 Å². The number of nitriles is 2. The smallest absolute Gasteiger partial charge is 0.147 e. The first-order chi connectivity index (χ1) is 44.9. The predicted molar refractivity (Wildman–Crippen MR) is 427 cm³/mol. The SMILES string of the molecule is C/C=C(\C)CC.C=[C-]c1cc(/C(C)=C/C#N)ccc1C.C=[C-]c1cc(/C(C)=C/C=C/C(C)=C/C)ccc1C.C=[C-]c1cc(/C(C)=C/C=O)ccc1C.C=[C-]c1cc(Br)ccc1C.C=[C-]c1cc(C(C)=O)ccc1C.CC.CC.CC.CC.CC.CC(C)=O.CP(C)(=O)CC#N.[Y].[Y].[Y].[Y].[Y]. The van der Waals surface area contributed by atoms with Crippen molar-refractivity contribution < 1.29 is 182 Å². The number of hydrogen-bond donors (Lipinski definition) is 0. The number of allylic oxidation sites excluding steroid dienone is 12. The van der Waals surface area contributed by atoms with Gasteiger partial charge in [0.25, 0.3) is 0 Å². The monoisotopic (exact) mass is 1810 g/mol. The molecule has 0 aliphatic carbocycles. The number of aldehydes is 1. The molecule has 0 atom stereocenters. The Morgan fingerprint density at radius 1 is 0.490 bits per heavy atom. The maximum Gasteiger partial charge on any atom is 0.147 e. The molecule has 0 heterocycles. The topological polar surface area (TPSA) is 116 Å². The third-order valence-corrected chi connectivity index (χ3v) is 13.5. The van der Waals surface area contributed by atoms with Crippen LogP contribution in [-0.2, 0) is 178 Å². The minimum atomic E-state index is -2.03. The minimum absolute atomic E-state index is 0. The molecule has 5 aromatic carbocycles. The van der Waals surface area contributed by atoms with Gasteiger partial charge < -0.3 is 9.36 Å². The van der Waals surface area contributed by atoms with E-state index in [-0.39, 0.29) is 181 Å². The van der Waals surface area contributed by atoms with Crippen molar-refractivity contribution in [1.29, 1.82) is 10.5 Å². The number of nitrogens with zero attached hydrogens (tertiary/aromatic N) is 2. The molecule has 6 nitrogen and oxygen atoms in total. The van der Waals surface area contributed by atoms with Crippen LogP contribution in [-0.4, -0.2) is 37.3 Å². The van der Waals surface area contributed by atoms with Gasteiger partial charge in [0, 0.05) is 170 Å². The van der Waals surface area contributed by atoms with Gasteiger partial charge in [0.15, 0.2) is 0 Å². The summed E-state index contributed by atoms with van der Waals surface area (Å²) in [5, 5.41) is 16.5. The van der Waals surface area contributed by atoms with Crippen LogP contribution in [0.1, 0.15) is 235 Å². The Bertz CT molecular complexity index is 3380. The van der Waals surface area contributed by atoms with Gasteiger partial charge in [0.05, 0.1) is 25.4 Å². The van der Waals surface area contributed by atoms with Gasteiger partial charge in [-0.2, -0.15) is 154 Å². The van der Waals surface area contributed by atoms with Crippen LogP contribution in [0.3, 0.4) is 0 Å². The van der Waals surface area contributed by atoms with Crippen molar-refractivity contribution in [2.45, 2.75) is 186 Å². The van der Waals surface area contributed by atoms with Crippen LogP contribution < -0.4 is 0 Å². The number of carbonyl (C=O) groups is 3. The van der Waals surface area contributed by atoms with Crippen LogP contribution in [0.2, 0.25) is 0 Å². The maximum atomic E-state index is 11.0. The molecule has 0 aliphatic heterocycles. The quantitative estimate of drug-likeness (QED) is 0.0160. The van der Waals surface area contributed by atoms with Crippen molar-refractivity contribution in [3.8, 4) is 12.1 Å². The van der Waals surface area contributed by atoms with Crippen molar-refractivity contribution in [2.24, 2.45) is 0 Å². The average molecular weight is 1810 g/mol. The zero-order chi connectivity index (χ0) is 75.8. The molecule has 0 fully saturated rings. The summed E-state index contributed by atoms with van der Waals surface area (Å²) in [7, 11) is -2.03. The van der Waals surface area contributed by atoms with Crippen molar-refractivity contribution in [3.05, 3.63) is 290 Å². The molecule has 0 saturated heterocycles. The number of Topliss-reactive ketones (excluding diaryl/α,β-unsaturated/α-hetero) is 2. The number of benzene rings is 5. The van der Waals surface area contributed by atoms with Gasteiger partial charge in [-0.15, -0.1) is 36.4 Å². The number of carbonyl (C=O) groups excluding carboxylic acids is 3. The zero-order valence-electron chi connectivity index (χ0n) is 67.0. The molecule has 13 heteroatoms. The van der Waals surface area contributed by atoms with Crippen LogP contribution in [0, 0.1) is 87.7 Å². The van der Waals surface area contributed by atoms with Gasteiger partial charge in [-0.25, -0.2) is 0 Å². The number of ketones is 2. The summed E-state index contributed by atoms with van der Waals surface area (Å²) < 4.78 is 11.7. The molecule has 0 amide bonds. The van der Waals surface area contributed by atoms with Gasteiger partial charge >= 0.3 is 0 Å². The van der Waals surface area contributed by atoms with Crippen LogP contribution >= 0.6 is 23.1 Å². The number of halogens is 1. The first-order valence-electron chi connectivity index (χ1n) is 32.5. The molecule has 5 rings (SSSR count). The summed E-state index contributed by atoms with van der Waals surface area (Å²) in [5.41, 5.74) is 20.7.